The zero-order valence-electron chi connectivity index (χ0n) is 11.2. The van der Waals surface area contributed by atoms with Gasteiger partial charge in [0.05, 0.1) is 21.2 Å². The number of aryl methyl sites for hydroxylation is 3. The molecule has 0 N–H and O–H groups in total. The molecule has 0 spiro atoms. The minimum absolute atomic E-state index is 0.859. The predicted octanol–water partition coefficient (Wildman–Crippen LogP) is 3.87. The highest BCUT2D eigenvalue weighted by Gasteiger charge is 2.17. The van der Waals surface area contributed by atoms with Gasteiger partial charge < -0.3 is 0 Å². The topological polar surface area (TPSA) is 43.6 Å². The molecular weight excluding hydrogens is 324 g/mol. The minimum atomic E-state index is 0.859. The summed E-state index contributed by atoms with van der Waals surface area (Å²) in [7, 11) is 0. The van der Waals surface area contributed by atoms with Gasteiger partial charge in [-0.2, -0.15) is 5.10 Å². The number of thiophene rings is 1. The predicted molar refractivity (Wildman–Crippen MR) is 81.2 cm³/mol. The third kappa shape index (κ3) is 1.81. The van der Waals surface area contributed by atoms with Crippen LogP contribution in [0.2, 0.25) is 0 Å². The lowest BCUT2D eigenvalue weighted by molar-refractivity contribution is 0.810. The molecule has 0 saturated carbocycles. The molecule has 4 nitrogen and oxygen atoms in total. The molecule has 0 aliphatic rings. The fourth-order valence-electron chi connectivity index (χ4n) is 2.15. The van der Waals surface area contributed by atoms with Crippen LogP contribution in [0, 0.1) is 27.7 Å². The molecule has 3 heterocycles. The third-order valence-electron chi connectivity index (χ3n) is 3.35. The van der Waals surface area contributed by atoms with Crippen LogP contribution >= 0.6 is 27.3 Å². The second-order valence-electron chi connectivity index (χ2n) is 4.56. The van der Waals surface area contributed by atoms with Gasteiger partial charge in [0, 0.05) is 4.88 Å². The molecule has 0 atom stereocenters. The van der Waals surface area contributed by atoms with E-state index in [2.05, 4.69) is 44.8 Å². The van der Waals surface area contributed by atoms with Gasteiger partial charge in [-0.05, 0) is 49.2 Å². The van der Waals surface area contributed by atoms with Crippen LogP contribution in [0.5, 0.6) is 0 Å². The number of fused-ring (bicyclic) bond motifs is 1. The van der Waals surface area contributed by atoms with Crippen molar-refractivity contribution in [3.05, 3.63) is 32.6 Å². The van der Waals surface area contributed by atoms with Crippen LogP contribution < -0.4 is 0 Å². The van der Waals surface area contributed by atoms with Gasteiger partial charge in [-0.3, -0.25) is 0 Å². The Hall–Kier alpha value is -1.27. The Morgan fingerprint density at radius 2 is 1.89 bits per heavy atom. The molecule has 3 aromatic rings. The smallest absolute Gasteiger partial charge is 0.166 e. The molecule has 0 unspecified atom stereocenters. The largest absolute Gasteiger partial charge is 0.225 e. The summed E-state index contributed by atoms with van der Waals surface area (Å²) in [6.07, 6.45) is 1.61. The van der Waals surface area contributed by atoms with Crippen LogP contribution in [0.15, 0.2) is 10.8 Å². The maximum atomic E-state index is 4.56. The first-order valence-corrected chi connectivity index (χ1v) is 7.54. The number of rotatable bonds is 1. The lowest BCUT2D eigenvalue weighted by Crippen LogP contribution is -2.03. The summed E-state index contributed by atoms with van der Waals surface area (Å²) in [6.45, 7) is 8.24. The van der Waals surface area contributed by atoms with Gasteiger partial charge in [-0.25, -0.2) is 14.6 Å². The van der Waals surface area contributed by atoms with E-state index in [0.717, 1.165) is 31.9 Å². The van der Waals surface area contributed by atoms with E-state index in [9.17, 15) is 0 Å². The molecule has 3 aromatic heterocycles. The number of aromatic nitrogens is 4. The van der Waals surface area contributed by atoms with E-state index in [4.69, 9.17) is 0 Å². The van der Waals surface area contributed by atoms with Crippen molar-refractivity contribution in [2.45, 2.75) is 27.7 Å². The third-order valence-corrected chi connectivity index (χ3v) is 5.61. The molecule has 0 fully saturated rings. The van der Waals surface area contributed by atoms with Crippen molar-refractivity contribution in [2.24, 2.45) is 0 Å². The highest BCUT2D eigenvalue weighted by Crippen LogP contribution is 2.33. The van der Waals surface area contributed by atoms with Crippen molar-refractivity contribution in [1.29, 1.82) is 0 Å². The number of hydrogen-bond donors (Lipinski definition) is 0. The Kier molecular flexibility index (Phi) is 2.94. The summed E-state index contributed by atoms with van der Waals surface area (Å²) in [5.74, 6) is 0.859. The Bertz CT molecular complexity index is 788. The lowest BCUT2D eigenvalue weighted by atomic mass is 10.2. The first-order valence-electron chi connectivity index (χ1n) is 5.93. The van der Waals surface area contributed by atoms with Crippen LogP contribution in [0.25, 0.3) is 16.0 Å². The van der Waals surface area contributed by atoms with E-state index in [1.807, 2.05) is 18.5 Å². The minimum Gasteiger partial charge on any atom is -0.225 e. The van der Waals surface area contributed by atoms with E-state index in [1.165, 1.54) is 10.4 Å². The average Bonchev–Trinajstić information content (AvgIpc) is 2.82. The quantitative estimate of drug-likeness (QED) is 0.677. The first-order chi connectivity index (χ1) is 9.00. The van der Waals surface area contributed by atoms with Crippen LogP contribution in [0.4, 0.5) is 0 Å². The van der Waals surface area contributed by atoms with Crippen LogP contribution in [-0.4, -0.2) is 19.7 Å². The molecule has 0 amide bonds. The monoisotopic (exact) mass is 336 g/mol. The van der Waals surface area contributed by atoms with Crippen LogP contribution in [0.1, 0.15) is 21.8 Å². The van der Waals surface area contributed by atoms with Crippen molar-refractivity contribution in [3.8, 4) is 5.82 Å². The molecular formula is C13H13BrN4S. The van der Waals surface area contributed by atoms with E-state index >= 15 is 0 Å². The summed E-state index contributed by atoms with van der Waals surface area (Å²) in [5.41, 5.74) is 3.26. The molecule has 0 aliphatic heterocycles. The first kappa shape index (κ1) is 12.7. The van der Waals surface area contributed by atoms with Crippen molar-refractivity contribution in [3.63, 3.8) is 0 Å². The summed E-state index contributed by atoms with van der Waals surface area (Å²) >= 11 is 5.26. The van der Waals surface area contributed by atoms with Gasteiger partial charge in [0.1, 0.15) is 11.2 Å². The van der Waals surface area contributed by atoms with Gasteiger partial charge in [-0.1, -0.05) is 0 Å². The van der Waals surface area contributed by atoms with Crippen molar-refractivity contribution in [2.75, 3.05) is 0 Å². The highest BCUT2D eigenvalue weighted by molar-refractivity contribution is 9.10. The zero-order chi connectivity index (χ0) is 13.7. The SMILES string of the molecule is Cc1nn(-c2ncnc3sc(C)c(C)c23)c(C)c1Br. The molecule has 3 rings (SSSR count). The maximum absolute atomic E-state index is 4.56. The van der Waals surface area contributed by atoms with Gasteiger partial charge in [-0.15, -0.1) is 11.3 Å². The molecule has 98 valence electrons. The molecule has 0 saturated heterocycles. The Labute approximate surface area is 123 Å². The maximum Gasteiger partial charge on any atom is 0.166 e. The fourth-order valence-corrected chi connectivity index (χ4v) is 3.39. The Morgan fingerprint density at radius 1 is 1.16 bits per heavy atom. The Balaban J connectivity index is 2.39. The van der Waals surface area contributed by atoms with Gasteiger partial charge in [0.2, 0.25) is 0 Å². The highest BCUT2D eigenvalue weighted by atomic mass is 79.9. The number of halogens is 1. The summed E-state index contributed by atoms with van der Waals surface area (Å²) in [6, 6.07) is 0. The summed E-state index contributed by atoms with van der Waals surface area (Å²) in [5, 5.41) is 5.66. The van der Waals surface area contributed by atoms with E-state index in [-0.39, 0.29) is 0 Å². The van der Waals surface area contributed by atoms with Crippen molar-refractivity contribution >= 4 is 37.5 Å². The van der Waals surface area contributed by atoms with Gasteiger partial charge in [0.15, 0.2) is 5.82 Å². The molecule has 0 aliphatic carbocycles. The fraction of sp³-hybridized carbons (Fsp3) is 0.308. The van der Waals surface area contributed by atoms with Gasteiger partial charge in [0.25, 0.3) is 0 Å². The van der Waals surface area contributed by atoms with Crippen LogP contribution in [-0.2, 0) is 0 Å². The molecule has 19 heavy (non-hydrogen) atoms. The standard InChI is InChI=1S/C13H13BrN4S/c1-6-9(4)19-13-10(6)12(15-5-16-13)18-8(3)11(14)7(2)17-18/h5H,1-4H3. The van der Waals surface area contributed by atoms with E-state index in [0.29, 0.717) is 0 Å². The number of hydrogen-bond acceptors (Lipinski definition) is 4. The van der Waals surface area contributed by atoms with Crippen LogP contribution in [0.3, 0.4) is 0 Å². The van der Waals surface area contributed by atoms with Crippen molar-refractivity contribution in [1.82, 2.24) is 19.7 Å². The normalized spacial score (nSPS) is 11.4. The molecule has 0 bridgehead atoms. The molecule has 6 heteroatoms. The van der Waals surface area contributed by atoms with E-state index < -0.39 is 0 Å². The zero-order valence-corrected chi connectivity index (χ0v) is 13.6. The van der Waals surface area contributed by atoms with E-state index in [1.54, 1.807) is 17.7 Å². The lowest BCUT2D eigenvalue weighted by Gasteiger charge is -2.05. The molecule has 0 aromatic carbocycles. The van der Waals surface area contributed by atoms with Gasteiger partial charge >= 0.3 is 0 Å². The second-order valence-corrected chi connectivity index (χ2v) is 6.55. The second kappa shape index (κ2) is 4.38. The molecule has 0 radical (unpaired) electrons. The summed E-state index contributed by atoms with van der Waals surface area (Å²) in [4.78, 5) is 11.1. The summed E-state index contributed by atoms with van der Waals surface area (Å²) < 4.78 is 2.92. The Morgan fingerprint density at radius 3 is 2.53 bits per heavy atom. The number of nitrogens with zero attached hydrogens (tertiary/aromatic N) is 4. The van der Waals surface area contributed by atoms with Crippen molar-refractivity contribution < 1.29 is 0 Å². The average molecular weight is 337 g/mol.